The van der Waals surface area contributed by atoms with E-state index in [9.17, 15) is 9.59 Å². The topological polar surface area (TPSA) is 188 Å². The van der Waals surface area contributed by atoms with Crippen LogP contribution in [0.3, 0.4) is 0 Å². The fraction of sp³-hybridized carbons (Fsp3) is 0.200. The molecule has 0 radical (unpaired) electrons. The summed E-state index contributed by atoms with van der Waals surface area (Å²) in [6, 6.07) is 28.2. The van der Waals surface area contributed by atoms with Crippen molar-refractivity contribution < 1.29 is 9.59 Å². The van der Waals surface area contributed by atoms with E-state index >= 15 is 0 Å². The molecule has 2 atom stereocenters. The van der Waals surface area contributed by atoms with Crippen molar-refractivity contribution in [1.82, 2.24) is 78.5 Å². The molecule has 10 aromatic rings. The van der Waals surface area contributed by atoms with Crippen LogP contribution in [0.5, 0.6) is 0 Å². The van der Waals surface area contributed by atoms with Gasteiger partial charge in [0.1, 0.15) is 5.69 Å². The van der Waals surface area contributed by atoms with E-state index in [1.165, 1.54) is 0 Å². The number of carbonyl (C=O) groups excluding carboxylic acids is 2. The summed E-state index contributed by atoms with van der Waals surface area (Å²) in [4.78, 5) is 61.5. The second kappa shape index (κ2) is 17.2. The highest BCUT2D eigenvalue weighted by atomic mass is 16.2. The van der Waals surface area contributed by atoms with Gasteiger partial charge in [-0.3, -0.25) is 28.9 Å². The van der Waals surface area contributed by atoms with Crippen LogP contribution >= 0.6 is 0 Å². The molecule has 68 heavy (non-hydrogen) atoms. The molecule has 12 heterocycles. The number of hydrogen-bond acceptors (Lipinski definition) is 12. The molecule has 0 unspecified atom stereocenters. The van der Waals surface area contributed by atoms with Crippen LogP contribution < -0.4 is 0 Å². The van der Waals surface area contributed by atoms with E-state index in [2.05, 4.69) is 25.0 Å². The van der Waals surface area contributed by atoms with Crippen LogP contribution in [0, 0.1) is 0 Å². The summed E-state index contributed by atoms with van der Waals surface area (Å²) in [5, 5.41) is 19.3. The number of amides is 2. The first-order chi connectivity index (χ1) is 33.5. The lowest BCUT2D eigenvalue weighted by atomic mass is 10.1. The number of carbonyl (C=O) groups is 2. The Kier molecular flexibility index (Phi) is 10.3. The first-order valence-electron chi connectivity index (χ1n) is 22.6. The summed E-state index contributed by atoms with van der Waals surface area (Å²) in [5.41, 5.74) is 7.30. The van der Waals surface area contributed by atoms with Crippen molar-refractivity contribution in [3.63, 3.8) is 0 Å². The lowest BCUT2D eigenvalue weighted by Gasteiger charge is -2.24. The van der Waals surface area contributed by atoms with E-state index in [1.54, 1.807) is 58.3 Å². The van der Waals surface area contributed by atoms with Gasteiger partial charge in [-0.05, 0) is 92.4 Å². The van der Waals surface area contributed by atoms with Crippen LogP contribution in [0.1, 0.15) is 46.7 Å². The fourth-order valence-corrected chi connectivity index (χ4v) is 9.59. The average molecular weight is 899 g/mol. The summed E-state index contributed by atoms with van der Waals surface area (Å²) in [6.45, 7) is 2.19. The molecule has 2 amide bonds. The van der Waals surface area contributed by atoms with Crippen molar-refractivity contribution in [3.05, 3.63) is 158 Å². The second-order valence-electron chi connectivity index (χ2n) is 16.9. The van der Waals surface area contributed by atoms with Gasteiger partial charge in [0.25, 0.3) is 11.8 Å². The second-order valence-corrected chi connectivity index (χ2v) is 16.9. The van der Waals surface area contributed by atoms with Crippen molar-refractivity contribution in [3.8, 4) is 56.8 Å². The van der Waals surface area contributed by atoms with Crippen LogP contribution in [0.25, 0.3) is 67.8 Å². The first-order valence-corrected chi connectivity index (χ1v) is 22.6. The quantitative estimate of drug-likeness (QED) is 0.134. The van der Waals surface area contributed by atoms with Gasteiger partial charge in [0.15, 0.2) is 23.0 Å². The van der Waals surface area contributed by atoms with Crippen molar-refractivity contribution in [2.45, 2.75) is 50.9 Å². The molecule has 2 fully saturated rings. The van der Waals surface area contributed by atoms with Crippen molar-refractivity contribution in [2.24, 2.45) is 0 Å². The Morgan fingerprint density at radius 3 is 1.99 bits per heavy atom. The molecule has 18 nitrogen and oxygen atoms in total. The molecule has 2 aliphatic rings. The number of fused-ring (bicyclic) bond motifs is 2. The van der Waals surface area contributed by atoms with Crippen molar-refractivity contribution in [2.75, 3.05) is 13.1 Å². The van der Waals surface area contributed by atoms with E-state index in [0.717, 1.165) is 48.3 Å². The number of pyridine rings is 4. The van der Waals surface area contributed by atoms with E-state index in [4.69, 9.17) is 25.3 Å². The molecule has 2 aliphatic heterocycles. The van der Waals surface area contributed by atoms with Crippen LogP contribution in [-0.4, -0.2) is 115 Å². The number of aromatic nitrogens is 14. The number of likely N-dealkylation sites (tertiary alicyclic amines) is 2. The number of nitrogens with zero attached hydrogens (tertiary/aromatic N) is 16. The van der Waals surface area contributed by atoms with Gasteiger partial charge in [0, 0.05) is 68.2 Å². The summed E-state index contributed by atoms with van der Waals surface area (Å²) >= 11 is 0. The molecule has 18 heteroatoms. The largest absolute Gasteiger partial charge is 0.332 e. The number of hydrogen-bond donors (Lipinski definition) is 0. The molecular weight excluding hydrogens is 857 g/mol. The highest BCUT2D eigenvalue weighted by molar-refractivity contribution is 6.04. The van der Waals surface area contributed by atoms with Crippen molar-refractivity contribution in [1.29, 1.82) is 0 Å². The zero-order valence-electron chi connectivity index (χ0n) is 36.6. The maximum Gasteiger partial charge on any atom is 0.275 e. The predicted molar refractivity (Wildman–Crippen MR) is 250 cm³/mol. The molecule has 12 rings (SSSR count). The maximum absolute atomic E-state index is 14.9. The summed E-state index contributed by atoms with van der Waals surface area (Å²) in [6.07, 6.45) is 19.4. The molecule has 334 valence electrons. The third-order valence-electron chi connectivity index (χ3n) is 12.8. The normalized spacial score (nSPS) is 16.1. The van der Waals surface area contributed by atoms with Gasteiger partial charge in [-0.25, -0.2) is 29.0 Å². The van der Waals surface area contributed by atoms with E-state index in [1.807, 2.05) is 117 Å². The molecule has 0 aliphatic carbocycles. The van der Waals surface area contributed by atoms with Gasteiger partial charge < -0.3 is 9.80 Å². The summed E-state index contributed by atoms with van der Waals surface area (Å²) < 4.78 is 7.19. The van der Waals surface area contributed by atoms with E-state index in [-0.39, 0.29) is 35.3 Å². The van der Waals surface area contributed by atoms with E-state index in [0.29, 0.717) is 71.4 Å². The lowest BCUT2D eigenvalue weighted by molar-refractivity contribution is 0.0708. The molecule has 0 N–H and O–H groups in total. The van der Waals surface area contributed by atoms with Gasteiger partial charge >= 0.3 is 0 Å². The van der Waals surface area contributed by atoms with Crippen LogP contribution in [-0.2, 0) is 13.1 Å². The lowest BCUT2D eigenvalue weighted by Crippen LogP contribution is -2.38. The minimum Gasteiger partial charge on any atom is -0.332 e. The molecule has 10 aromatic heterocycles. The highest BCUT2D eigenvalue weighted by Gasteiger charge is 2.36. The van der Waals surface area contributed by atoms with Gasteiger partial charge in [0.2, 0.25) is 0 Å². The maximum atomic E-state index is 14.9. The zero-order chi connectivity index (χ0) is 45.6. The molecule has 2 saturated heterocycles. The zero-order valence-corrected chi connectivity index (χ0v) is 36.6. The summed E-state index contributed by atoms with van der Waals surface area (Å²) in [5.74, 6) is 0.279. The Morgan fingerprint density at radius 1 is 0.544 bits per heavy atom. The third-order valence-corrected chi connectivity index (χ3v) is 12.8. The molecule has 0 saturated carbocycles. The standard InChI is InChI=1S/C50H42N16O2/c67-49(63-25-8-11-34(63)31-61-28-19-38(58-61)37-14-2-5-21-52-37)45-43(41-15-3-6-27-65(41)59-45)48-55-24-18-39(57-48)40-16-7-17-42-44(47-53-22-10-23-54-47)46(60-66(40)42)50(68)64-26-9-12-35(64)32-62-30-33(29-56-62)36-13-1-4-20-51-36/h1-7,10,13-24,27-30,34-35H,8-9,11-12,25-26,31-32H2/t34-,35-/m0/s1. The molecule has 0 spiro atoms. The van der Waals surface area contributed by atoms with Crippen molar-refractivity contribution >= 4 is 22.8 Å². The van der Waals surface area contributed by atoms with Gasteiger partial charge in [-0.1, -0.05) is 24.3 Å². The molecule has 0 aromatic carbocycles. The summed E-state index contributed by atoms with van der Waals surface area (Å²) in [7, 11) is 0. The molecular formula is C50H42N16O2. The average Bonchev–Trinajstić information content (AvgIpc) is 4.27. The van der Waals surface area contributed by atoms with Crippen LogP contribution in [0.2, 0.25) is 0 Å². The Morgan fingerprint density at radius 2 is 1.22 bits per heavy atom. The smallest absolute Gasteiger partial charge is 0.275 e. The van der Waals surface area contributed by atoms with Crippen LogP contribution in [0.15, 0.2) is 147 Å². The van der Waals surface area contributed by atoms with Crippen LogP contribution in [0.4, 0.5) is 0 Å². The Labute approximate surface area is 388 Å². The van der Waals surface area contributed by atoms with Gasteiger partial charge in [0.05, 0.1) is 76.3 Å². The van der Waals surface area contributed by atoms with Gasteiger partial charge in [-0.15, -0.1) is 0 Å². The monoisotopic (exact) mass is 898 g/mol. The van der Waals surface area contributed by atoms with E-state index < -0.39 is 0 Å². The minimum atomic E-state index is -0.221. The molecule has 0 bridgehead atoms. The first kappa shape index (κ1) is 40.7. The van der Waals surface area contributed by atoms with Gasteiger partial charge in [-0.2, -0.15) is 20.4 Å². The minimum absolute atomic E-state index is 0.104. The third kappa shape index (κ3) is 7.40. The highest BCUT2D eigenvalue weighted by Crippen LogP contribution is 2.34. The Bertz CT molecular complexity index is 3460. The number of rotatable bonds is 11. The Balaban J connectivity index is 0.882. The Hall–Kier alpha value is -8.80. The SMILES string of the molecule is O=C(c1nn2ccccc2c1-c1nccc(-c2cccc3c(-c4ncccn4)c(C(=O)N4CCC[C@H]4Cn4cc(-c5ccccn5)cn4)nn23)n1)N1CCC[C@H]1Cn1ccc(-c2ccccn2)n1. The predicted octanol–water partition coefficient (Wildman–Crippen LogP) is 6.69. The fourth-order valence-electron chi connectivity index (χ4n) is 9.59.